The molecular weight excluding hydrogens is 222 g/mol. The van der Waals surface area contributed by atoms with Gasteiger partial charge in [-0.3, -0.25) is 4.68 Å². The smallest absolute Gasteiger partial charge is 0.0748 e. The van der Waals surface area contributed by atoms with Crippen molar-refractivity contribution in [1.29, 1.82) is 0 Å². The summed E-state index contributed by atoms with van der Waals surface area (Å²) in [6, 6.07) is 8.92. The highest BCUT2D eigenvalue weighted by atomic mass is 15.3. The Balaban J connectivity index is 2.41. The topological polar surface area (TPSA) is 29.9 Å². The molecule has 96 valence electrons. The molecule has 3 nitrogen and oxygen atoms in total. The fourth-order valence-electron chi connectivity index (χ4n) is 2.21. The molecule has 1 aromatic heterocycles. The highest BCUT2D eigenvalue weighted by Crippen LogP contribution is 2.23. The Hall–Kier alpha value is -1.61. The summed E-state index contributed by atoms with van der Waals surface area (Å²) in [5.74, 6) is 0. The van der Waals surface area contributed by atoms with Crippen LogP contribution >= 0.6 is 0 Å². The lowest BCUT2D eigenvalue weighted by Crippen LogP contribution is -2.24. The highest BCUT2D eigenvalue weighted by Gasteiger charge is 2.16. The van der Waals surface area contributed by atoms with Crippen LogP contribution in [0, 0.1) is 13.8 Å². The van der Waals surface area contributed by atoms with Crippen LogP contribution in [0.4, 0.5) is 0 Å². The highest BCUT2D eigenvalue weighted by molar-refractivity contribution is 5.35. The average Bonchev–Trinajstić information content (AvgIpc) is 2.76. The number of aryl methyl sites for hydroxylation is 3. The summed E-state index contributed by atoms with van der Waals surface area (Å²) in [5, 5.41) is 7.79. The number of nitrogens with one attached hydrogen (secondary N) is 1. The van der Waals surface area contributed by atoms with Gasteiger partial charge in [-0.2, -0.15) is 5.10 Å². The molecule has 0 spiro atoms. The van der Waals surface area contributed by atoms with Gasteiger partial charge in [0.25, 0.3) is 0 Å². The maximum absolute atomic E-state index is 4.26. The summed E-state index contributed by atoms with van der Waals surface area (Å²) in [7, 11) is 1.99. The summed E-state index contributed by atoms with van der Waals surface area (Å²) < 4.78 is 1.93. The van der Waals surface area contributed by atoms with Crippen LogP contribution in [-0.2, 0) is 7.05 Å². The second-order valence-corrected chi connectivity index (χ2v) is 4.71. The number of hydrogen-bond donors (Lipinski definition) is 1. The largest absolute Gasteiger partial charge is 0.305 e. The SMILES string of the molecule is CCNC(c1ccc(C)c(C)c1)c1ccnn1C. The fourth-order valence-corrected chi connectivity index (χ4v) is 2.21. The van der Waals surface area contributed by atoms with E-state index in [0.29, 0.717) is 0 Å². The Morgan fingerprint density at radius 2 is 2.00 bits per heavy atom. The van der Waals surface area contributed by atoms with Gasteiger partial charge in [-0.25, -0.2) is 0 Å². The predicted octanol–water partition coefficient (Wildman–Crippen LogP) is 2.74. The van der Waals surface area contributed by atoms with Crippen LogP contribution in [-0.4, -0.2) is 16.3 Å². The third-order valence-corrected chi connectivity index (χ3v) is 3.43. The first-order valence-electron chi connectivity index (χ1n) is 6.42. The third kappa shape index (κ3) is 2.46. The number of hydrogen-bond acceptors (Lipinski definition) is 2. The Kier molecular flexibility index (Phi) is 3.82. The van der Waals surface area contributed by atoms with Gasteiger partial charge in [0.15, 0.2) is 0 Å². The van der Waals surface area contributed by atoms with Crippen molar-refractivity contribution >= 4 is 0 Å². The van der Waals surface area contributed by atoms with Gasteiger partial charge >= 0.3 is 0 Å². The molecule has 2 rings (SSSR count). The minimum atomic E-state index is 0.210. The van der Waals surface area contributed by atoms with Gasteiger partial charge in [0.1, 0.15) is 0 Å². The van der Waals surface area contributed by atoms with E-state index in [1.165, 1.54) is 22.4 Å². The van der Waals surface area contributed by atoms with Crippen molar-refractivity contribution in [2.75, 3.05) is 6.54 Å². The maximum atomic E-state index is 4.26. The Morgan fingerprint density at radius 1 is 1.22 bits per heavy atom. The molecule has 2 aromatic rings. The van der Waals surface area contributed by atoms with Crippen molar-refractivity contribution in [3.05, 3.63) is 52.8 Å². The van der Waals surface area contributed by atoms with Crippen LogP contribution < -0.4 is 5.32 Å². The van der Waals surface area contributed by atoms with Crippen LogP contribution in [0.25, 0.3) is 0 Å². The van der Waals surface area contributed by atoms with E-state index in [2.05, 4.69) is 55.5 Å². The molecule has 0 fully saturated rings. The quantitative estimate of drug-likeness (QED) is 0.895. The summed E-state index contributed by atoms with van der Waals surface area (Å²) >= 11 is 0. The maximum Gasteiger partial charge on any atom is 0.0748 e. The summed E-state index contributed by atoms with van der Waals surface area (Å²) in [6.45, 7) is 7.36. The van der Waals surface area contributed by atoms with E-state index in [0.717, 1.165) is 6.54 Å². The van der Waals surface area contributed by atoms with Crippen molar-refractivity contribution in [2.45, 2.75) is 26.8 Å². The average molecular weight is 243 g/mol. The fraction of sp³-hybridized carbons (Fsp3) is 0.400. The lowest BCUT2D eigenvalue weighted by atomic mass is 9.99. The molecule has 1 heterocycles. The van der Waals surface area contributed by atoms with Crippen LogP contribution in [0.1, 0.15) is 35.3 Å². The zero-order valence-electron chi connectivity index (χ0n) is 11.6. The van der Waals surface area contributed by atoms with Crippen LogP contribution in [0.3, 0.4) is 0 Å². The van der Waals surface area contributed by atoms with Gasteiger partial charge in [-0.15, -0.1) is 0 Å². The predicted molar refractivity (Wildman–Crippen MR) is 74.6 cm³/mol. The lowest BCUT2D eigenvalue weighted by molar-refractivity contribution is 0.572. The van der Waals surface area contributed by atoms with E-state index in [4.69, 9.17) is 0 Å². The van der Waals surface area contributed by atoms with E-state index in [1.807, 2.05) is 17.9 Å². The van der Waals surface area contributed by atoms with Gasteiger partial charge in [0.05, 0.1) is 11.7 Å². The van der Waals surface area contributed by atoms with E-state index in [-0.39, 0.29) is 6.04 Å². The first kappa shape index (κ1) is 12.8. The number of nitrogens with zero attached hydrogens (tertiary/aromatic N) is 2. The van der Waals surface area contributed by atoms with Gasteiger partial charge in [-0.05, 0) is 43.1 Å². The molecule has 0 amide bonds. The first-order valence-corrected chi connectivity index (χ1v) is 6.42. The standard InChI is InChI=1S/C15H21N3/c1-5-16-15(14-8-9-17-18(14)4)13-7-6-11(2)12(3)10-13/h6-10,15-16H,5H2,1-4H3. The Morgan fingerprint density at radius 3 is 2.56 bits per heavy atom. The molecule has 1 aromatic carbocycles. The molecule has 3 heteroatoms. The van der Waals surface area contributed by atoms with Crippen LogP contribution in [0.5, 0.6) is 0 Å². The van der Waals surface area contributed by atoms with Crippen molar-refractivity contribution in [3.63, 3.8) is 0 Å². The second kappa shape index (κ2) is 5.36. The molecule has 1 unspecified atom stereocenters. The third-order valence-electron chi connectivity index (χ3n) is 3.43. The molecule has 1 N–H and O–H groups in total. The normalized spacial score (nSPS) is 12.7. The summed E-state index contributed by atoms with van der Waals surface area (Å²) in [6.07, 6.45) is 1.85. The first-order chi connectivity index (χ1) is 8.63. The Labute approximate surface area is 109 Å². The lowest BCUT2D eigenvalue weighted by Gasteiger charge is -2.19. The van der Waals surface area contributed by atoms with Gasteiger partial charge < -0.3 is 5.32 Å². The Bertz CT molecular complexity index is 528. The van der Waals surface area contributed by atoms with E-state index >= 15 is 0 Å². The zero-order chi connectivity index (χ0) is 13.1. The summed E-state index contributed by atoms with van der Waals surface area (Å²) in [4.78, 5) is 0. The number of benzene rings is 1. The molecule has 0 aliphatic heterocycles. The molecule has 0 aliphatic rings. The van der Waals surface area contributed by atoms with Crippen LogP contribution in [0.15, 0.2) is 30.5 Å². The van der Waals surface area contributed by atoms with Gasteiger partial charge in [0, 0.05) is 13.2 Å². The van der Waals surface area contributed by atoms with Gasteiger partial charge in [-0.1, -0.05) is 25.1 Å². The molecule has 0 aliphatic carbocycles. The molecule has 0 saturated heterocycles. The molecule has 0 bridgehead atoms. The van der Waals surface area contributed by atoms with E-state index in [9.17, 15) is 0 Å². The van der Waals surface area contributed by atoms with Crippen molar-refractivity contribution in [2.24, 2.45) is 7.05 Å². The van der Waals surface area contributed by atoms with Crippen molar-refractivity contribution in [3.8, 4) is 0 Å². The zero-order valence-corrected chi connectivity index (χ0v) is 11.6. The molecule has 18 heavy (non-hydrogen) atoms. The van der Waals surface area contributed by atoms with E-state index < -0.39 is 0 Å². The molecule has 0 saturated carbocycles. The summed E-state index contributed by atoms with van der Waals surface area (Å²) in [5.41, 5.74) is 5.15. The molecule has 1 atom stereocenters. The minimum Gasteiger partial charge on any atom is -0.305 e. The van der Waals surface area contributed by atoms with Crippen LogP contribution in [0.2, 0.25) is 0 Å². The number of aromatic nitrogens is 2. The molecular formula is C15H21N3. The van der Waals surface area contributed by atoms with Crippen molar-refractivity contribution < 1.29 is 0 Å². The minimum absolute atomic E-state index is 0.210. The second-order valence-electron chi connectivity index (χ2n) is 4.71. The van der Waals surface area contributed by atoms with E-state index in [1.54, 1.807) is 0 Å². The monoisotopic (exact) mass is 243 g/mol. The molecule has 0 radical (unpaired) electrons. The van der Waals surface area contributed by atoms with Crippen molar-refractivity contribution in [1.82, 2.24) is 15.1 Å². The van der Waals surface area contributed by atoms with Gasteiger partial charge in [0.2, 0.25) is 0 Å². The number of rotatable bonds is 4.